The molecule has 0 aliphatic rings. The van der Waals surface area contributed by atoms with E-state index in [1.165, 1.54) is 38.6 Å². The number of hydrogen-bond donors (Lipinski definition) is 0. The van der Waals surface area contributed by atoms with Gasteiger partial charge in [0.1, 0.15) is 0 Å². The molecule has 27 heavy (non-hydrogen) atoms. The first-order valence-electron chi connectivity index (χ1n) is 9.81. The summed E-state index contributed by atoms with van der Waals surface area (Å²) in [6, 6.07) is 24.7. The normalized spacial score (nSPS) is 12.8. The molecule has 1 heteroatoms. The van der Waals surface area contributed by atoms with Crippen molar-refractivity contribution in [2.24, 2.45) is 0 Å². The molecule has 0 saturated carbocycles. The zero-order chi connectivity index (χ0) is 19.4. The molecule has 0 saturated heterocycles. The number of benzene rings is 3. The molecular weight excluding hydrogens is 326 g/mol. The summed E-state index contributed by atoms with van der Waals surface area (Å²) < 4.78 is 2.41. The van der Waals surface area contributed by atoms with E-state index in [9.17, 15) is 0 Å². The minimum Gasteiger partial charge on any atom is -0.309 e. The molecule has 0 amide bonds. The Hall–Kier alpha value is -2.54. The molecule has 0 fully saturated rings. The van der Waals surface area contributed by atoms with E-state index in [-0.39, 0.29) is 10.8 Å². The van der Waals surface area contributed by atoms with Crippen LogP contribution in [0.3, 0.4) is 0 Å². The molecule has 0 radical (unpaired) electrons. The third-order valence-corrected chi connectivity index (χ3v) is 5.53. The molecule has 0 aliphatic carbocycles. The van der Waals surface area contributed by atoms with Gasteiger partial charge in [-0.15, -0.1) is 0 Å². The molecule has 3 aromatic carbocycles. The molecule has 1 nitrogen and oxygen atoms in total. The summed E-state index contributed by atoms with van der Waals surface area (Å²) in [5, 5.41) is 2.63. The molecule has 0 aliphatic heterocycles. The summed E-state index contributed by atoms with van der Waals surface area (Å²) in [7, 11) is 0. The van der Waals surface area contributed by atoms with E-state index in [0.29, 0.717) is 0 Å². The van der Waals surface area contributed by atoms with Gasteiger partial charge < -0.3 is 4.57 Å². The van der Waals surface area contributed by atoms with E-state index in [4.69, 9.17) is 0 Å². The highest BCUT2D eigenvalue weighted by Crippen LogP contribution is 2.35. The van der Waals surface area contributed by atoms with Crippen molar-refractivity contribution >= 4 is 21.8 Å². The third-order valence-electron chi connectivity index (χ3n) is 5.53. The minimum atomic E-state index is 0.131. The zero-order valence-electron chi connectivity index (χ0n) is 17.3. The van der Waals surface area contributed by atoms with Crippen molar-refractivity contribution < 1.29 is 0 Å². The third kappa shape index (κ3) is 3.06. The summed E-state index contributed by atoms with van der Waals surface area (Å²) >= 11 is 0. The fourth-order valence-electron chi connectivity index (χ4n) is 3.83. The van der Waals surface area contributed by atoms with Crippen molar-refractivity contribution in [3.63, 3.8) is 0 Å². The lowest BCUT2D eigenvalue weighted by Gasteiger charge is -2.20. The van der Waals surface area contributed by atoms with Crippen molar-refractivity contribution in [3.8, 4) is 5.69 Å². The van der Waals surface area contributed by atoms with Crippen LogP contribution < -0.4 is 0 Å². The molecule has 4 aromatic rings. The molecular formula is C26H29N. The van der Waals surface area contributed by atoms with Crippen molar-refractivity contribution in [2.75, 3.05) is 0 Å². The van der Waals surface area contributed by atoms with Crippen LogP contribution in [-0.4, -0.2) is 4.57 Å². The SMILES string of the molecule is CC(C)(C)c1ccc(-n2c3ccccc3c3ccc(C(C)(C)C)cc32)cc1. The highest BCUT2D eigenvalue weighted by molar-refractivity contribution is 6.09. The topological polar surface area (TPSA) is 4.93 Å². The van der Waals surface area contributed by atoms with E-state index in [0.717, 1.165) is 0 Å². The van der Waals surface area contributed by atoms with Crippen LogP contribution in [0.1, 0.15) is 52.7 Å². The van der Waals surface area contributed by atoms with E-state index in [2.05, 4.69) is 113 Å². The van der Waals surface area contributed by atoms with Crippen LogP contribution in [0.2, 0.25) is 0 Å². The molecule has 0 bridgehead atoms. The maximum atomic E-state index is 2.41. The summed E-state index contributed by atoms with van der Waals surface area (Å²) in [6.45, 7) is 13.6. The Kier molecular flexibility index (Phi) is 3.96. The molecule has 0 spiro atoms. The van der Waals surface area contributed by atoms with E-state index in [1.807, 2.05) is 0 Å². The van der Waals surface area contributed by atoms with Gasteiger partial charge in [0, 0.05) is 16.5 Å². The van der Waals surface area contributed by atoms with Gasteiger partial charge in [-0.05, 0) is 46.2 Å². The fourth-order valence-corrected chi connectivity index (χ4v) is 3.83. The van der Waals surface area contributed by atoms with Gasteiger partial charge in [0.15, 0.2) is 0 Å². The Bertz CT molecular complexity index is 1110. The van der Waals surface area contributed by atoms with Crippen LogP contribution in [0.15, 0.2) is 66.7 Å². The van der Waals surface area contributed by atoms with Crippen molar-refractivity contribution in [1.82, 2.24) is 4.57 Å². The van der Waals surface area contributed by atoms with Gasteiger partial charge in [0.2, 0.25) is 0 Å². The van der Waals surface area contributed by atoms with Crippen molar-refractivity contribution in [2.45, 2.75) is 52.4 Å². The van der Waals surface area contributed by atoms with Gasteiger partial charge in [-0.25, -0.2) is 0 Å². The number of para-hydroxylation sites is 1. The average Bonchev–Trinajstić information content (AvgIpc) is 2.94. The lowest BCUT2D eigenvalue weighted by Crippen LogP contribution is -2.11. The monoisotopic (exact) mass is 355 g/mol. The van der Waals surface area contributed by atoms with E-state index >= 15 is 0 Å². The van der Waals surface area contributed by atoms with Crippen LogP contribution in [0.4, 0.5) is 0 Å². The standard InChI is InChI=1S/C26H29N/c1-25(2,3)18-11-14-20(15-12-18)27-23-10-8-7-9-21(23)22-16-13-19(17-24(22)27)26(4,5)6/h7-17H,1-6H3. The lowest BCUT2D eigenvalue weighted by atomic mass is 9.86. The molecule has 1 aromatic heterocycles. The maximum Gasteiger partial charge on any atom is 0.0544 e. The van der Waals surface area contributed by atoms with Crippen LogP contribution in [-0.2, 0) is 10.8 Å². The van der Waals surface area contributed by atoms with Crippen LogP contribution >= 0.6 is 0 Å². The fraction of sp³-hybridized carbons (Fsp3) is 0.308. The van der Waals surface area contributed by atoms with Crippen LogP contribution in [0.25, 0.3) is 27.5 Å². The summed E-state index contributed by atoms with van der Waals surface area (Å²) in [5.41, 5.74) is 6.80. The summed E-state index contributed by atoms with van der Waals surface area (Å²) in [4.78, 5) is 0. The second-order valence-electron chi connectivity index (χ2n) is 9.63. The van der Waals surface area contributed by atoms with E-state index < -0.39 is 0 Å². The molecule has 138 valence electrons. The number of hydrogen-bond acceptors (Lipinski definition) is 0. The van der Waals surface area contributed by atoms with Gasteiger partial charge in [-0.3, -0.25) is 0 Å². The second kappa shape index (κ2) is 5.99. The Balaban J connectivity index is 2.02. The average molecular weight is 356 g/mol. The summed E-state index contributed by atoms with van der Waals surface area (Å²) in [5.74, 6) is 0. The second-order valence-corrected chi connectivity index (χ2v) is 9.63. The predicted octanol–water partition coefficient (Wildman–Crippen LogP) is 7.38. The van der Waals surface area contributed by atoms with Crippen molar-refractivity contribution in [1.29, 1.82) is 0 Å². The molecule has 0 atom stereocenters. The number of rotatable bonds is 1. The largest absolute Gasteiger partial charge is 0.309 e. The van der Waals surface area contributed by atoms with Crippen LogP contribution in [0.5, 0.6) is 0 Å². The predicted molar refractivity (Wildman–Crippen MR) is 118 cm³/mol. The zero-order valence-corrected chi connectivity index (χ0v) is 17.3. The first kappa shape index (κ1) is 17.9. The first-order valence-corrected chi connectivity index (χ1v) is 9.81. The number of aromatic nitrogens is 1. The Labute approximate surface area is 162 Å². The molecule has 0 unspecified atom stereocenters. The van der Waals surface area contributed by atoms with Crippen molar-refractivity contribution in [3.05, 3.63) is 77.9 Å². The highest BCUT2D eigenvalue weighted by atomic mass is 15.0. The van der Waals surface area contributed by atoms with Gasteiger partial charge in [0.25, 0.3) is 0 Å². The van der Waals surface area contributed by atoms with Gasteiger partial charge in [-0.2, -0.15) is 0 Å². The quantitative estimate of drug-likeness (QED) is 0.336. The highest BCUT2D eigenvalue weighted by Gasteiger charge is 2.18. The Morgan fingerprint density at radius 2 is 1.11 bits per heavy atom. The smallest absolute Gasteiger partial charge is 0.0544 e. The minimum absolute atomic E-state index is 0.131. The number of nitrogens with zero attached hydrogens (tertiary/aromatic N) is 1. The van der Waals surface area contributed by atoms with E-state index in [1.54, 1.807) is 0 Å². The lowest BCUT2D eigenvalue weighted by molar-refractivity contribution is 0.590. The Morgan fingerprint density at radius 3 is 1.74 bits per heavy atom. The van der Waals surface area contributed by atoms with Crippen LogP contribution in [0, 0.1) is 0 Å². The van der Waals surface area contributed by atoms with Gasteiger partial charge in [-0.1, -0.05) is 84.0 Å². The molecule has 0 N–H and O–H groups in total. The first-order chi connectivity index (χ1) is 12.7. The summed E-state index contributed by atoms with van der Waals surface area (Å²) in [6.07, 6.45) is 0. The molecule has 4 rings (SSSR count). The molecule has 1 heterocycles. The van der Waals surface area contributed by atoms with Gasteiger partial charge >= 0.3 is 0 Å². The Morgan fingerprint density at radius 1 is 0.556 bits per heavy atom. The maximum absolute atomic E-state index is 2.41. The number of fused-ring (bicyclic) bond motifs is 3. The van der Waals surface area contributed by atoms with Gasteiger partial charge in [0.05, 0.1) is 11.0 Å².